The van der Waals surface area contributed by atoms with Gasteiger partial charge in [-0.2, -0.15) is 0 Å². The van der Waals surface area contributed by atoms with Crippen molar-refractivity contribution in [1.82, 2.24) is 5.32 Å². The van der Waals surface area contributed by atoms with Gasteiger partial charge in [0, 0.05) is 13.1 Å². The Kier molecular flexibility index (Phi) is 4.36. The molecule has 1 rings (SSSR count). The fraction of sp³-hybridized carbons (Fsp3) is 0.400. The molecule has 0 saturated heterocycles. The Morgan fingerprint density at radius 1 is 1.20 bits per heavy atom. The van der Waals surface area contributed by atoms with E-state index in [1.54, 1.807) is 6.07 Å². The first kappa shape index (κ1) is 11.8. The number of aliphatic hydroxyl groups is 2. The molecule has 1 atom stereocenters. The number of hydrogen-bond acceptors (Lipinski definition) is 5. The van der Waals surface area contributed by atoms with Gasteiger partial charge in [-0.1, -0.05) is 6.07 Å². The van der Waals surface area contributed by atoms with E-state index in [2.05, 4.69) is 5.32 Å². The Morgan fingerprint density at radius 2 is 1.93 bits per heavy atom. The average Bonchev–Trinajstić information content (AvgIpc) is 2.23. The van der Waals surface area contributed by atoms with Gasteiger partial charge in [-0.25, -0.2) is 0 Å². The van der Waals surface area contributed by atoms with Gasteiger partial charge >= 0.3 is 0 Å². The number of phenolic OH excluding ortho intramolecular Hbond substituents is 2. The molecule has 0 bridgehead atoms. The molecule has 0 aromatic heterocycles. The van der Waals surface area contributed by atoms with Crippen molar-refractivity contribution in [3.8, 4) is 11.5 Å². The molecule has 0 fully saturated rings. The van der Waals surface area contributed by atoms with Gasteiger partial charge in [0.1, 0.15) is 0 Å². The summed E-state index contributed by atoms with van der Waals surface area (Å²) in [5, 5.41) is 38.7. The van der Waals surface area contributed by atoms with Crippen LogP contribution in [0.4, 0.5) is 0 Å². The molecule has 0 aliphatic heterocycles. The minimum Gasteiger partial charge on any atom is -0.504 e. The highest BCUT2D eigenvalue weighted by atomic mass is 16.3. The van der Waals surface area contributed by atoms with Crippen LogP contribution < -0.4 is 5.32 Å². The van der Waals surface area contributed by atoms with Crippen LogP contribution in [-0.4, -0.2) is 39.7 Å². The number of aliphatic hydroxyl groups excluding tert-OH is 2. The monoisotopic (exact) mass is 213 g/mol. The van der Waals surface area contributed by atoms with Crippen LogP contribution >= 0.6 is 0 Å². The van der Waals surface area contributed by atoms with E-state index in [-0.39, 0.29) is 24.7 Å². The molecule has 1 aromatic rings. The normalized spacial score (nSPS) is 12.7. The summed E-state index contributed by atoms with van der Waals surface area (Å²) in [4.78, 5) is 0. The van der Waals surface area contributed by atoms with Gasteiger partial charge in [0.15, 0.2) is 11.5 Å². The average molecular weight is 213 g/mol. The molecular weight excluding hydrogens is 198 g/mol. The Balaban J connectivity index is 2.41. The minimum absolute atomic E-state index is 0.158. The first-order valence-electron chi connectivity index (χ1n) is 4.64. The number of hydrogen-bond donors (Lipinski definition) is 5. The maximum atomic E-state index is 9.19. The Morgan fingerprint density at radius 3 is 2.53 bits per heavy atom. The highest BCUT2D eigenvalue weighted by Gasteiger charge is 2.02. The molecule has 0 saturated carbocycles. The summed E-state index contributed by atoms with van der Waals surface area (Å²) in [5.41, 5.74) is 0.787. The van der Waals surface area contributed by atoms with Crippen molar-refractivity contribution in [2.24, 2.45) is 0 Å². The summed E-state index contributed by atoms with van der Waals surface area (Å²) in [5.74, 6) is -0.328. The Bertz CT molecular complexity index is 316. The smallest absolute Gasteiger partial charge is 0.157 e. The Labute approximate surface area is 87.6 Å². The quantitative estimate of drug-likeness (QED) is 0.427. The highest BCUT2D eigenvalue weighted by molar-refractivity contribution is 5.40. The predicted octanol–water partition coefficient (Wildman–Crippen LogP) is -0.459. The molecule has 5 N–H and O–H groups in total. The molecule has 0 spiro atoms. The van der Waals surface area contributed by atoms with Gasteiger partial charge in [-0.15, -0.1) is 0 Å². The third-order valence-electron chi connectivity index (χ3n) is 1.96. The molecule has 5 nitrogen and oxygen atoms in total. The van der Waals surface area contributed by atoms with E-state index in [1.165, 1.54) is 12.1 Å². The van der Waals surface area contributed by atoms with Crippen molar-refractivity contribution in [3.05, 3.63) is 23.8 Å². The van der Waals surface area contributed by atoms with Gasteiger partial charge in [-0.05, 0) is 17.7 Å². The lowest BCUT2D eigenvalue weighted by atomic mass is 10.2. The lowest BCUT2D eigenvalue weighted by Gasteiger charge is -2.09. The van der Waals surface area contributed by atoms with E-state index < -0.39 is 6.10 Å². The number of nitrogens with one attached hydrogen (secondary N) is 1. The third-order valence-corrected chi connectivity index (χ3v) is 1.96. The zero-order chi connectivity index (χ0) is 11.3. The standard InChI is InChI=1S/C10H15NO4/c12-6-8(13)5-11-4-7-1-2-9(14)10(15)3-7/h1-3,8,11-15H,4-6H2/t8-/m1/s1. The highest BCUT2D eigenvalue weighted by Crippen LogP contribution is 2.24. The molecule has 0 unspecified atom stereocenters. The van der Waals surface area contributed by atoms with E-state index in [0.29, 0.717) is 6.54 Å². The summed E-state index contributed by atoms with van der Waals surface area (Å²) in [6.07, 6.45) is -0.782. The van der Waals surface area contributed by atoms with Crippen molar-refractivity contribution in [3.63, 3.8) is 0 Å². The second-order valence-corrected chi connectivity index (χ2v) is 3.29. The summed E-state index contributed by atoms with van der Waals surface area (Å²) >= 11 is 0. The third kappa shape index (κ3) is 3.75. The molecular formula is C10H15NO4. The second-order valence-electron chi connectivity index (χ2n) is 3.29. The van der Waals surface area contributed by atoms with Crippen LogP contribution in [0, 0.1) is 0 Å². The molecule has 0 aliphatic carbocycles. The van der Waals surface area contributed by atoms with Crippen molar-refractivity contribution in [2.45, 2.75) is 12.6 Å². The van der Waals surface area contributed by atoms with E-state index in [9.17, 15) is 5.11 Å². The summed E-state index contributed by atoms with van der Waals surface area (Å²) in [6.45, 7) is 0.441. The van der Waals surface area contributed by atoms with Crippen molar-refractivity contribution in [1.29, 1.82) is 0 Å². The van der Waals surface area contributed by atoms with Crippen LogP contribution in [0.2, 0.25) is 0 Å². The summed E-state index contributed by atoms with van der Waals surface area (Å²) < 4.78 is 0. The number of rotatable bonds is 5. The second kappa shape index (κ2) is 5.55. The zero-order valence-corrected chi connectivity index (χ0v) is 8.22. The van der Waals surface area contributed by atoms with Gasteiger partial charge in [0.05, 0.1) is 12.7 Å². The maximum Gasteiger partial charge on any atom is 0.157 e. The molecule has 0 radical (unpaired) electrons. The van der Waals surface area contributed by atoms with Gasteiger partial charge in [0.25, 0.3) is 0 Å². The molecule has 1 aromatic carbocycles. The van der Waals surface area contributed by atoms with Crippen molar-refractivity contribution < 1.29 is 20.4 Å². The van der Waals surface area contributed by atoms with Crippen molar-refractivity contribution >= 4 is 0 Å². The van der Waals surface area contributed by atoms with Crippen LogP contribution in [0.15, 0.2) is 18.2 Å². The molecule has 15 heavy (non-hydrogen) atoms. The molecule has 5 heteroatoms. The molecule has 84 valence electrons. The van der Waals surface area contributed by atoms with Crippen molar-refractivity contribution in [2.75, 3.05) is 13.2 Å². The van der Waals surface area contributed by atoms with E-state index in [0.717, 1.165) is 5.56 Å². The van der Waals surface area contributed by atoms with Crippen LogP contribution in [0.3, 0.4) is 0 Å². The first-order valence-corrected chi connectivity index (χ1v) is 4.64. The molecule has 0 amide bonds. The molecule has 0 heterocycles. The zero-order valence-electron chi connectivity index (χ0n) is 8.22. The van der Waals surface area contributed by atoms with Crippen LogP contribution in [0.1, 0.15) is 5.56 Å². The number of benzene rings is 1. The SMILES string of the molecule is OC[C@H](O)CNCc1ccc(O)c(O)c1. The first-order chi connectivity index (χ1) is 7.13. The predicted molar refractivity (Wildman–Crippen MR) is 54.6 cm³/mol. The van der Waals surface area contributed by atoms with E-state index in [4.69, 9.17) is 15.3 Å². The fourth-order valence-corrected chi connectivity index (χ4v) is 1.13. The van der Waals surface area contributed by atoms with Gasteiger partial charge in [0.2, 0.25) is 0 Å². The van der Waals surface area contributed by atoms with Crippen LogP contribution in [0.5, 0.6) is 11.5 Å². The largest absolute Gasteiger partial charge is 0.504 e. The minimum atomic E-state index is -0.782. The van der Waals surface area contributed by atoms with Gasteiger partial charge < -0.3 is 25.7 Å². The van der Waals surface area contributed by atoms with E-state index >= 15 is 0 Å². The Hall–Kier alpha value is -1.30. The van der Waals surface area contributed by atoms with Gasteiger partial charge in [-0.3, -0.25) is 0 Å². The lowest BCUT2D eigenvalue weighted by Crippen LogP contribution is -2.28. The summed E-state index contributed by atoms with van der Waals surface area (Å²) in [6, 6.07) is 4.50. The maximum absolute atomic E-state index is 9.19. The lowest BCUT2D eigenvalue weighted by molar-refractivity contribution is 0.0942. The number of aromatic hydroxyl groups is 2. The topological polar surface area (TPSA) is 93.0 Å². The fourth-order valence-electron chi connectivity index (χ4n) is 1.13. The van der Waals surface area contributed by atoms with E-state index in [1.807, 2.05) is 0 Å². The summed E-state index contributed by atoms with van der Waals surface area (Å²) in [7, 11) is 0. The molecule has 0 aliphatic rings. The van der Waals surface area contributed by atoms with Crippen LogP contribution in [-0.2, 0) is 6.54 Å². The van der Waals surface area contributed by atoms with Crippen LogP contribution in [0.25, 0.3) is 0 Å². The number of phenols is 2.